The van der Waals surface area contributed by atoms with Crippen molar-refractivity contribution >= 4 is 11.6 Å². The summed E-state index contributed by atoms with van der Waals surface area (Å²) in [7, 11) is 1.86. The summed E-state index contributed by atoms with van der Waals surface area (Å²) in [5.41, 5.74) is 0.460. The second-order valence-electron chi connectivity index (χ2n) is 4.39. The molecular weight excluding hydrogens is 269 g/mol. The summed E-state index contributed by atoms with van der Waals surface area (Å²) in [6.45, 7) is 2.01. The number of benzene rings is 1. The van der Waals surface area contributed by atoms with E-state index in [1.165, 1.54) is 6.07 Å². The molecule has 0 aliphatic heterocycles. The number of hydrogen-bond donors (Lipinski definition) is 1. The van der Waals surface area contributed by atoms with E-state index in [2.05, 4.69) is 15.5 Å². The average Bonchev–Trinajstić information content (AvgIpc) is 2.82. The van der Waals surface area contributed by atoms with Crippen LogP contribution in [0.3, 0.4) is 0 Å². The molecule has 1 atom stereocenters. The van der Waals surface area contributed by atoms with Crippen molar-refractivity contribution in [3.05, 3.63) is 46.3 Å². The van der Waals surface area contributed by atoms with Crippen molar-refractivity contribution in [1.29, 1.82) is 0 Å². The Morgan fingerprint density at radius 3 is 3.00 bits per heavy atom. The molecule has 1 unspecified atom stereocenters. The predicted octanol–water partition coefficient (Wildman–Crippen LogP) is 2.60. The second kappa shape index (κ2) is 6.12. The SMILES string of the molecule is CNC(C)Cc1nc(Cc2cccc(Cl)c2F)no1. The molecule has 1 N–H and O–H groups in total. The van der Waals surface area contributed by atoms with E-state index in [0.29, 0.717) is 23.7 Å². The van der Waals surface area contributed by atoms with Crippen LogP contribution in [0.1, 0.15) is 24.2 Å². The topological polar surface area (TPSA) is 51.0 Å². The molecule has 19 heavy (non-hydrogen) atoms. The Kier molecular flexibility index (Phi) is 4.50. The van der Waals surface area contributed by atoms with Crippen LogP contribution in [0.4, 0.5) is 4.39 Å². The van der Waals surface area contributed by atoms with Gasteiger partial charge >= 0.3 is 0 Å². The molecule has 0 spiro atoms. The van der Waals surface area contributed by atoms with Crippen LogP contribution in [-0.4, -0.2) is 23.2 Å². The molecule has 0 bridgehead atoms. The maximum atomic E-state index is 13.7. The average molecular weight is 284 g/mol. The highest BCUT2D eigenvalue weighted by atomic mass is 35.5. The highest BCUT2D eigenvalue weighted by Gasteiger charge is 2.13. The summed E-state index contributed by atoms with van der Waals surface area (Å²) in [5, 5.41) is 7.03. The van der Waals surface area contributed by atoms with Gasteiger partial charge in [-0.3, -0.25) is 0 Å². The first kappa shape index (κ1) is 14.0. The molecule has 0 amide bonds. The summed E-state index contributed by atoms with van der Waals surface area (Å²) < 4.78 is 18.9. The van der Waals surface area contributed by atoms with Crippen molar-refractivity contribution in [2.45, 2.75) is 25.8 Å². The fourth-order valence-corrected chi connectivity index (χ4v) is 1.86. The monoisotopic (exact) mass is 283 g/mol. The zero-order valence-corrected chi connectivity index (χ0v) is 11.5. The van der Waals surface area contributed by atoms with Gasteiger partial charge in [0.15, 0.2) is 5.82 Å². The minimum absolute atomic E-state index is 0.102. The van der Waals surface area contributed by atoms with Crippen molar-refractivity contribution in [2.75, 3.05) is 7.05 Å². The van der Waals surface area contributed by atoms with Gasteiger partial charge in [-0.25, -0.2) is 4.39 Å². The van der Waals surface area contributed by atoms with Gasteiger partial charge in [-0.05, 0) is 25.6 Å². The maximum Gasteiger partial charge on any atom is 0.228 e. The van der Waals surface area contributed by atoms with Crippen LogP contribution >= 0.6 is 11.6 Å². The van der Waals surface area contributed by atoms with Crippen molar-refractivity contribution < 1.29 is 8.91 Å². The summed E-state index contributed by atoms with van der Waals surface area (Å²) in [4.78, 5) is 4.24. The van der Waals surface area contributed by atoms with Crippen LogP contribution < -0.4 is 5.32 Å². The quantitative estimate of drug-likeness (QED) is 0.916. The molecule has 2 aromatic rings. The highest BCUT2D eigenvalue weighted by Crippen LogP contribution is 2.19. The Balaban J connectivity index is 2.09. The van der Waals surface area contributed by atoms with Crippen LogP contribution in [0.15, 0.2) is 22.7 Å². The van der Waals surface area contributed by atoms with Gasteiger partial charge in [-0.15, -0.1) is 0 Å². The molecule has 0 aliphatic carbocycles. The largest absolute Gasteiger partial charge is 0.339 e. The standard InChI is InChI=1S/C13H15ClFN3O/c1-8(16-2)6-12-17-11(18-19-12)7-9-4-3-5-10(14)13(9)15/h3-5,8,16H,6-7H2,1-2H3. The zero-order valence-electron chi connectivity index (χ0n) is 10.8. The molecule has 0 aliphatic rings. The van der Waals surface area contributed by atoms with Crippen molar-refractivity contribution in [1.82, 2.24) is 15.5 Å². The summed E-state index contributed by atoms with van der Waals surface area (Å²) in [6, 6.07) is 5.12. The molecule has 4 nitrogen and oxygen atoms in total. The first-order valence-corrected chi connectivity index (χ1v) is 6.39. The van der Waals surface area contributed by atoms with E-state index in [1.807, 2.05) is 14.0 Å². The lowest BCUT2D eigenvalue weighted by Crippen LogP contribution is -2.23. The molecule has 0 saturated heterocycles. The van der Waals surface area contributed by atoms with E-state index in [0.717, 1.165) is 0 Å². The number of halogens is 2. The molecule has 1 aromatic carbocycles. The Bertz CT molecular complexity index is 559. The van der Waals surface area contributed by atoms with Crippen LogP contribution in [0.5, 0.6) is 0 Å². The van der Waals surface area contributed by atoms with Crippen LogP contribution in [0.2, 0.25) is 5.02 Å². The third-order valence-electron chi connectivity index (χ3n) is 2.86. The Morgan fingerprint density at radius 2 is 2.26 bits per heavy atom. The number of rotatable bonds is 5. The smallest absolute Gasteiger partial charge is 0.228 e. The van der Waals surface area contributed by atoms with Crippen LogP contribution in [0.25, 0.3) is 0 Å². The van der Waals surface area contributed by atoms with E-state index in [1.54, 1.807) is 12.1 Å². The fraction of sp³-hybridized carbons (Fsp3) is 0.385. The fourth-order valence-electron chi connectivity index (χ4n) is 1.66. The predicted molar refractivity (Wildman–Crippen MR) is 70.7 cm³/mol. The molecule has 1 heterocycles. The van der Waals surface area contributed by atoms with E-state index < -0.39 is 5.82 Å². The normalized spacial score (nSPS) is 12.6. The van der Waals surface area contributed by atoms with Gasteiger partial charge < -0.3 is 9.84 Å². The number of likely N-dealkylation sites (N-methyl/N-ethyl adjacent to an activating group) is 1. The lowest BCUT2D eigenvalue weighted by atomic mass is 10.1. The molecule has 0 saturated carbocycles. The van der Waals surface area contributed by atoms with Crippen LogP contribution in [0, 0.1) is 5.82 Å². The van der Waals surface area contributed by atoms with Gasteiger partial charge in [0.2, 0.25) is 5.89 Å². The lowest BCUT2D eigenvalue weighted by molar-refractivity contribution is 0.361. The molecular formula is C13H15ClFN3O. The third kappa shape index (κ3) is 3.52. The maximum absolute atomic E-state index is 13.7. The van der Waals surface area contributed by atoms with Crippen molar-refractivity contribution in [3.8, 4) is 0 Å². The Morgan fingerprint density at radius 1 is 1.47 bits per heavy atom. The lowest BCUT2D eigenvalue weighted by Gasteiger charge is -2.04. The van der Waals surface area contributed by atoms with E-state index in [-0.39, 0.29) is 17.5 Å². The molecule has 6 heteroatoms. The summed E-state index contributed by atoms with van der Waals surface area (Å²) in [6.07, 6.45) is 0.908. The Hall–Kier alpha value is -1.46. The summed E-state index contributed by atoms with van der Waals surface area (Å²) >= 11 is 5.73. The van der Waals surface area contributed by atoms with Crippen LogP contribution in [-0.2, 0) is 12.8 Å². The Labute approximate surface area is 116 Å². The molecule has 0 radical (unpaired) electrons. The van der Waals surface area contributed by atoms with E-state index >= 15 is 0 Å². The van der Waals surface area contributed by atoms with Crippen molar-refractivity contribution in [2.24, 2.45) is 0 Å². The molecule has 102 valence electrons. The summed E-state index contributed by atoms with van der Waals surface area (Å²) in [5.74, 6) is 0.567. The van der Waals surface area contributed by atoms with E-state index in [4.69, 9.17) is 16.1 Å². The molecule has 1 aromatic heterocycles. The van der Waals surface area contributed by atoms with Crippen molar-refractivity contribution in [3.63, 3.8) is 0 Å². The van der Waals surface area contributed by atoms with Gasteiger partial charge in [0.1, 0.15) is 5.82 Å². The minimum atomic E-state index is -0.431. The minimum Gasteiger partial charge on any atom is -0.339 e. The second-order valence-corrected chi connectivity index (χ2v) is 4.80. The highest BCUT2D eigenvalue weighted by molar-refractivity contribution is 6.30. The number of hydrogen-bond acceptors (Lipinski definition) is 4. The van der Waals surface area contributed by atoms with E-state index in [9.17, 15) is 4.39 Å². The first-order chi connectivity index (χ1) is 9.10. The first-order valence-electron chi connectivity index (χ1n) is 6.01. The molecule has 0 fully saturated rings. The number of nitrogens with one attached hydrogen (secondary N) is 1. The zero-order chi connectivity index (χ0) is 13.8. The van der Waals surface area contributed by atoms with Gasteiger partial charge in [0.05, 0.1) is 5.02 Å². The molecule has 2 rings (SSSR count). The number of aromatic nitrogens is 2. The van der Waals surface area contributed by atoms with Gasteiger partial charge in [-0.2, -0.15) is 4.98 Å². The van der Waals surface area contributed by atoms with Gasteiger partial charge in [0.25, 0.3) is 0 Å². The van der Waals surface area contributed by atoms with Gasteiger partial charge in [-0.1, -0.05) is 28.9 Å². The third-order valence-corrected chi connectivity index (χ3v) is 3.16. The van der Waals surface area contributed by atoms with Gasteiger partial charge in [0, 0.05) is 18.9 Å². The number of nitrogens with zero attached hydrogens (tertiary/aromatic N) is 2.